The fourth-order valence-corrected chi connectivity index (χ4v) is 5.81. The molecule has 190 valence electrons. The van der Waals surface area contributed by atoms with E-state index < -0.39 is 11.8 Å². The number of hydrogen-bond acceptors (Lipinski definition) is 5. The summed E-state index contributed by atoms with van der Waals surface area (Å²) >= 11 is 11.1. The van der Waals surface area contributed by atoms with Crippen LogP contribution in [-0.2, 0) is 11.4 Å². The summed E-state index contributed by atoms with van der Waals surface area (Å²) in [7, 11) is 0. The van der Waals surface area contributed by atoms with E-state index in [0.29, 0.717) is 22.3 Å². The number of benzene rings is 4. The summed E-state index contributed by atoms with van der Waals surface area (Å²) in [6.07, 6.45) is 1.56. The molecule has 0 bridgehead atoms. The number of hydrazone groups is 1. The van der Waals surface area contributed by atoms with Crippen LogP contribution in [0.5, 0.6) is 5.75 Å². The van der Waals surface area contributed by atoms with Gasteiger partial charge in [-0.2, -0.15) is 5.10 Å². The number of carbonyl (C=O) groups is 2. The average molecular weight is 607 g/mol. The van der Waals surface area contributed by atoms with Crippen LogP contribution in [0.3, 0.4) is 0 Å². The van der Waals surface area contributed by atoms with Gasteiger partial charge in [-0.25, -0.2) is 5.43 Å². The highest BCUT2D eigenvalue weighted by Gasteiger charge is 2.17. The highest BCUT2D eigenvalue weighted by atomic mass is 79.9. The van der Waals surface area contributed by atoms with Crippen molar-refractivity contribution in [2.24, 2.45) is 5.10 Å². The molecule has 5 rings (SSSR count). The van der Waals surface area contributed by atoms with Crippen LogP contribution in [0.25, 0.3) is 20.9 Å². The van der Waals surface area contributed by atoms with E-state index >= 15 is 0 Å². The van der Waals surface area contributed by atoms with Gasteiger partial charge in [-0.1, -0.05) is 88.2 Å². The van der Waals surface area contributed by atoms with Gasteiger partial charge in [0.25, 0.3) is 11.8 Å². The monoisotopic (exact) mass is 605 g/mol. The molecule has 0 saturated heterocycles. The highest BCUT2D eigenvalue weighted by molar-refractivity contribution is 9.10. The molecule has 0 aliphatic rings. The van der Waals surface area contributed by atoms with Crippen LogP contribution in [0, 0.1) is 0 Å². The Bertz CT molecular complexity index is 1680. The van der Waals surface area contributed by atoms with Gasteiger partial charge < -0.3 is 10.1 Å². The first-order valence-corrected chi connectivity index (χ1v) is 13.6. The Morgan fingerprint density at radius 2 is 1.76 bits per heavy atom. The smallest absolute Gasteiger partial charge is 0.263 e. The van der Waals surface area contributed by atoms with Crippen molar-refractivity contribution in [2.45, 2.75) is 6.61 Å². The van der Waals surface area contributed by atoms with Gasteiger partial charge in [-0.15, -0.1) is 11.3 Å². The number of carbonyl (C=O) groups excluding carboxylic acids is 2. The van der Waals surface area contributed by atoms with E-state index in [0.717, 1.165) is 36.5 Å². The lowest BCUT2D eigenvalue weighted by Gasteiger charge is -2.12. The molecule has 0 aliphatic heterocycles. The largest absolute Gasteiger partial charge is 0.488 e. The van der Waals surface area contributed by atoms with E-state index in [1.165, 1.54) is 11.3 Å². The number of amides is 2. The molecule has 0 radical (unpaired) electrons. The molecule has 1 heterocycles. The van der Waals surface area contributed by atoms with Gasteiger partial charge in [0, 0.05) is 20.1 Å². The summed E-state index contributed by atoms with van der Waals surface area (Å²) in [5.41, 5.74) is 4.22. The van der Waals surface area contributed by atoms with E-state index in [2.05, 4.69) is 31.8 Å². The van der Waals surface area contributed by atoms with Gasteiger partial charge in [-0.3, -0.25) is 9.59 Å². The molecular formula is C29H21BrClN3O3S. The fraction of sp³-hybridized carbons (Fsp3) is 0.0690. The first kappa shape index (κ1) is 25.9. The Morgan fingerprint density at radius 3 is 2.58 bits per heavy atom. The minimum atomic E-state index is -0.469. The summed E-state index contributed by atoms with van der Waals surface area (Å²) in [6, 6.07) is 27.1. The zero-order chi connectivity index (χ0) is 26.5. The van der Waals surface area contributed by atoms with Crippen molar-refractivity contribution in [2.75, 3.05) is 6.54 Å². The maximum absolute atomic E-state index is 12.6. The summed E-state index contributed by atoms with van der Waals surface area (Å²) in [5, 5.41) is 9.89. The van der Waals surface area contributed by atoms with Crippen LogP contribution < -0.4 is 15.5 Å². The third-order valence-corrected chi connectivity index (χ3v) is 7.92. The third kappa shape index (κ3) is 5.88. The lowest BCUT2D eigenvalue weighted by molar-refractivity contribution is -0.120. The molecule has 0 unspecified atom stereocenters. The number of rotatable bonds is 8. The molecule has 2 N–H and O–H groups in total. The number of thiophene rings is 1. The standard InChI is InChI=1S/C29H21BrClN3O3S/c30-20-8-5-6-18(14-20)17-37-24-13-12-19-7-1-2-9-21(19)23(24)15-33-34-26(35)16-32-29(36)28-27(31)22-10-3-4-11-25(22)38-28/h1-15H,16-17H2,(H,32,36)(H,34,35)/b33-15-. The molecule has 2 amide bonds. The zero-order valence-electron chi connectivity index (χ0n) is 19.9. The number of nitrogens with zero attached hydrogens (tertiary/aromatic N) is 1. The van der Waals surface area contributed by atoms with Gasteiger partial charge in [0.15, 0.2) is 0 Å². The zero-order valence-corrected chi connectivity index (χ0v) is 23.1. The van der Waals surface area contributed by atoms with Gasteiger partial charge >= 0.3 is 0 Å². The van der Waals surface area contributed by atoms with Crippen LogP contribution in [0.2, 0.25) is 5.02 Å². The Hall–Kier alpha value is -3.72. The molecule has 4 aromatic carbocycles. The van der Waals surface area contributed by atoms with Gasteiger partial charge in [0.05, 0.1) is 17.8 Å². The molecule has 6 nitrogen and oxygen atoms in total. The van der Waals surface area contributed by atoms with Crippen LogP contribution >= 0.6 is 38.9 Å². The van der Waals surface area contributed by atoms with Crippen LogP contribution in [0.15, 0.2) is 94.5 Å². The Morgan fingerprint density at radius 1 is 0.974 bits per heavy atom. The van der Waals surface area contributed by atoms with E-state index in [4.69, 9.17) is 16.3 Å². The first-order valence-electron chi connectivity index (χ1n) is 11.7. The maximum Gasteiger partial charge on any atom is 0.263 e. The fourth-order valence-electron chi connectivity index (χ4n) is 3.93. The normalized spacial score (nSPS) is 11.2. The molecule has 0 spiro atoms. The molecule has 0 atom stereocenters. The summed E-state index contributed by atoms with van der Waals surface area (Å²) in [4.78, 5) is 25.4. The highest BCUT2D eigenvalue weighted by Crippen LogP contribution is 2.35. The van der Waals surface area contributed by atoms with E-state index in [-0.39, 0.29) is 6.54 Å². The SMILES string of the molecule is O=C(CNC(=O)c1sc2ccccc2c1Cl)N/N=C\c1c(OCc2cccc(Br)c2)ccc2ccccc12. The summed E-state index contributed by atoms with van der Waals surface area (Å²) in [6.45, 7) is 0.125. The molecule has 0 aliphatic carbocycles. The first-order chi connectivity index (χ1) is 18.5. The molecule has 0 fully saturated rings. The molecule has 1 aromatic heterocycles. The third-order valence-electron chi connectivity index (χ3n) is 5.75. The predicted octanol–water partition coefficient (Wildman–Crippen LogP) is 6.93. The minimum absolute atomic E-state index is 0.247. The van der Waals surface area contributed by atoms with Crippen molar-refractivity contribution in [1.82, 2.24) is 10.7 Å². The van der Waals surface area contributed by atoms with Gasteiger partial charge in [0.2, 0.25) is 0 Å². The number of fused-ring (bicyclic) bond motifs is 2. The Kier molecular flexibility index (Phi) is 8.03. The van der Waals surface area contributed by atoms with Crippen molar-refractivity contribution in [3.63, 3.8) is 0 Å². The molecular weight excluding hydrogens is 586 g/mol. The molecule has 5 aromatic rings. The number of halogens is 2. The molecule has 0 saturated carbocycles. The van der Waals surface area contributed by atoms with Gasteiger partial charge in [0.1, 0.15) is 17.2 Å². The lowest BCUT2D eigenvalue weighted by atomic mass is 10.0. The van der Waals surface area contributed by atoms with Crippen LogP contribution in [-0.4, -0.2) is 24.6 Å². The lowest BCUT2D eigenvalue weighted by Crippen LogP contribution is -2.34. The second kappa shape index (κ2) is 11.8. The van der Waals surface area contributed by atoms with Crippen molar-refractivity contribution in [3.8, 4) is 5.75 Å². The Labute approximate surface area is 236 Å². The van der Waals surface area contributed by atoms with Crippen LogP contribution in [0.1, 0.15) is 20.8 Å². The number of hydrogen-bond donors (Lipinski definition) is 2. The van der Waals surface area contributed by atoms with Crippen molar-refractivity contribution in [3.05, 3.63) is 110 Å². The second-order valence-corrected chi connectivity index (χ2v) is 10.7. The van der Waals surface area contributed by atoms with E-state index in [1.807, 2.05) is 84.9 Å². The quantitative estimate of drug-likeness (QED) is 0.149. The summed E-state index contributed by atoms with van der Waals surface area (Å²) in [5.74, 6) is -0.245. The summed E-state index contributed by atoms with van der Waals surface area (Å²) < 4.78 is 8.00. The number of ether oxygens (including phenoxy) is 1. The Balaban J connectivity index is 1.26. The van der Waals surface area contributed by atoms with Crippen LogP contribution in [0.4, 0.5) is 0 Å². The molecule has 9 heteroatoms. The molecule has 38 heavy (non-hydrogen) atoms. The maximum atomic E-state index is 12.6. The van der Waals surface area contributed by atoms with E-state index in [1.54, 1.807) is 6.21 Å². The minimum Gasteiger partial charge on any atom is -0.488 e. The predicted molar refractivity (Wildman–Crippen MR) is 157 cm³/mol. The number of nitrogens with one attached hydrogen (secondary N) is 2. The average Bonchev–Trinajstić information content (AvgIpc) is 3.27. The van der Waals surface area contributed by atoms with Crippen molar-refractivity contribution < 1.29 is 14.3 Å². The topological polar surface area (TPSA) is 79.8 Å². The second-order valence-electron chi connectivity index (χ2n) is 8.33. The van der Waals surface area contributed by atoms with Gasteiger partial charge in [-0.05, 0) is 40.6 Å². The van der Waals surface area contributed by atoms with E-state index in [9.17, 15) is 9.59 Å². The van der Waals surface area contributed by atoms with Crippen molar-refractivity contribution >= 4 is 77.8 Å². The van der Waals surface area contributed by atoms with Crippen molar-refractivity contribution in [1.29, 1.82) is 0 Å².